The highest BCUT2D eigenvalue weighted by Gasteiger charge is 2.21. The molecule has 0 aromatic rings. The van der Waals surface area contributed by atoms with E-state index in [2.05, 4.69) is 11.2 Å². The van der Waals surface area contributed by atoms with Crippen LogP contribution in [0.2, 0.25) is 0 Å². The zero-order valence-electron chi connectivity index (χ0n) is 7.56. The molecule has 0 heterocycles. The Morgan fingerprint density at radius 3 is 2.27 bits per heavy atom. The van der Waals surface area contributed by atoms with Gasteiger partial charge in [0.05, 0.1) is 6.04 Å². The third-order valence-electron chi connectivity index (χ3n) is 1.28. The Hall–Kier alpha value is -0.970. The first-order valence-corrected chi connectivity index (χ1v) is 3.65. The molecule has 0 aliphatic heterocycles. The van der Waals surface area contributed by atoms with E-state index in [-0.39, 0.29) is 17.4 Å². The van der Waals surface area contributed by atoms with Crippen LogP contribution >= 0.6 is 0 Å². The second-order valence-corrected chi connectivity index (χ2v) is 3.61. The van der Waals surface area contributed by atoms with E-state index in [0.717, 1.165) is 0 Å². The summed E-state index contributed by atoms with van der Waals surface area (Å²) in [5, 5.41) is 2.69. The Balaban J connectivity index is 4.01. The highest BCUT2D eigenvalue weighted by molar-refractivity contribution is 5.81. The summed E-state index contributed by atoms with van der Waals surface area (Å²) in [4.78, 5) is 11.2. The van der Waals surface area contributed by atoms with Crippen molar-refractivity contribution in [2.24, 2.45) is 5.41 Å². The number of rotatable bonds is 1. The van der Waals surface area contributed by atoms with Gasteiger partial charge < -0.3 is 5.32 Å². The van der Waals surface area contributed by atoms with Crippen LogP contribution in [0, 0.1) is 17.8 Å². The normalized spacial score (nSPS) is 13.4. The van der Waals surface area contributed by atoms with E-state index in [1.54, 1.807) is 6.92 Å². The Morgan fingerprint density at radius 2 is 2.00 bits per heavy atom. The molecular formula is C9H15NO. The highest BCUT2D eigenvalue weighted by Crippen LogP contribution is 2.12. The van der Waals surface area contributed by atoms with Crippen molar-refractivity contribution in [3.63, 3.8) is 0 Å². The van der Waals surface area contributed by atoms with Crippen molar-refractivity contribution in [3.8, 4) is 12.3 Å². The first-order valence-electron chi connectivity index (χ1n) is 3.65. The van der Waals surface area contributed by atoms with E-state index in [9.17, 15) is 4.79 Å². The van der Waals surface area contributed by atoms with Crippen LogP contribution < -0.4 is 5.32 Å². The summed E-state index contributed by atoms with van der Waals surface area (Å²) < 4.78 is 0. The maximum Gasteiger partial charge on any atom is 0.226 e. The minimum Gasteiger partial charge on any atom is -0.342 e. The molecule has 2 heteroatoms. The molecule has 62 valence electrons. The van der Waals surface area contributed by atoms with Crippen LogP contribution in [-0.2, 0) is 4.79 Å². The van der Waals surface area contributed by atoms with Crippen molar-refractivity contribution in [1.29, 1.82) is 0 Å². The molecule has 0 spiro atoms. The van der Waals surface area contributed by atoms with Gasteiger partial charge in [0.1, 0.15) is 0 Å². The van der Waals surface area contributed by atoms with Gasteiger partial charge in [-0.1, -0.05) is 26.7 Å². The Labute approximate surface area is 68.4 Å². The number of hydrogen-bond donors (Lipinski definition) is 1. The van der Waals surface area contributed by atoms with Gasteiger partial charge in [0.2, 0.25) is 5.91 Å². The maximum atomic E-state index is 11.2. The summed E-state index contributed by atoms with van der Waals surface area (Å²) in [6.45, 7) is 7.34. The monoisotopic (exact) mass is 153 g/mol. The van der Waals surface area contributed by atoms with Gasteiger partial charge in [0.15, 0.2) is 0 Å². The van der Waals surface area contributed by atoms with Crippen molar-refractivity contribution in [2.75, 3.05) is 0 Å². The van der Waals surface area contributed by atoms with E-state index in [0.29, 0.717) is 0 Å². The van der Waals surface area contributed by atoms with Gasteiger partial charge in [0, 0.05) is 5.41 Å². The first kappa shape index (κ1) is 10.0. The zero-order valence-corrected chi connectivity index (χ0v) is 7.56. The van der Waals surface area contributed by atoms with Crippen LogP contribution in [0.5, 0.6) is 0 Å². The second kappa shape index (κ2) is 3.43. The van der Waals surface area contributed by atoms with Gasteiger partial charge in [0.25, 0.3) is 0 Å². The van der Waals surface area contributed by atoms with Gasteiger partial charge >= 0.3 is 0 Å². The smallest absolute Gasteiger partial charge is 0.226 e. The predicted octanol–water partition coefficient (Wildman–Crippen LogP) is 1.17. The Kier molecular flexibility index (Phi) is 3.13. The van der Waals surface area contributed by atoms with Crippen molar-refractivity contribution in [1.82, 2.24) is 5.32 Å². The Bertz CT molecular complexity index is 183. The zero-order chi connectivity index (χ0) is 9.07. The molecule has 1 atom stereocenters. The SMILES string of the molecule is C#CC(C)NC(=O)C(C)(C)C. The van der Waals surface area contributed by atoms with Crippen LogP contribution in [0.25, 0.3) is 0 Å². The minimum atomic E-state index is -0.356. The van der Waals surface area contributed by atoms with Crippen LogP contribution in [0.4, 0.5) is 0 Å². The lowest BCUT2D eigenvalue weighted by Crippen LogP contribution is -2.39. The third-order valence-corrected chi connectivity index (χ3v) is 1.28. The molecule has 0 aliphatic carbocycles. The maximum absolute atomic E-state index is 11.2. The molecule has 0 aliphatic rings. The van der Waals surface area contributed by atoms with E-state index in [1.165, 1.54) is 0 Å². The van der Waals surface area contributed by atoms with Gasteiger partial charge in [-0.05, 0) is 6.92 Å². The fourth-order valence-corrected chi connectivity index (χ4v) is 0.455. The third kappa shape index (κ3) is 3.67. The molecule has 2 nitrogen and oxygen atoms in total. The fraction of sp³-hybridized carbons (Fsp3) is 0.667. The van der Waals surface area contributed by atoms with Crippen molar-refractivity contribution >= 4 is 5.91 Å². The molecule has 1 amide bonds. The summed E-state index contributed by atoms with van der Waals surface area (Å²) in [5.41, 5.74) is -0.356. The molecule has 0 saturated carbocycles. The number of carbonyl (C=O) groups is 1. The largest absolute Gasteiger partial charge is 0.342 e. The molecule has 0 radical (unpaired) electrons. The van der Waals surface area contributed by atoms with Gasteiger partial charge in [-0.3, -0.25) is 4.79 Å². The fourth-order valence-electron chi connectivity index (χ4n) is 0.455. The molecule has 0 fully saturated rings. The average Bonchev–Trinajstić information content (AvgIpc) is 1.85. The summed E-state index contributed by atoms with van der Waals surface area (Å²) in [7, 11) is 0. The van der Waals surface area contributed by atoms with E-state index in [1.807, 2.05) is 20.8 Å². The molecule has 0 bridgehead atoms. The molecule has 0 saturated heterocycles. The molecule has 11 heavy (non-hydrogen) atoms. The van der Waals surface area contributed by atoms with Gasteiger partial charge in [-0.15, -0.1) is 6.42 Å². The molecular weight excluding hydrogens is 138 g/mol. The van der Waals surface area contributed by atoms with Gasteiger partial charge in [-0.2, -0.15) is 0 Å². The molecule has 1 unspecified atom stereocenters. The lowest BCUT2D eigenvalue weighted by Gasteiger charge is -2.18. The first-order chi connectivity index (χ1) is 4.88. The average molecular weight is 153 g/mol. The molecule has 0 aromatic carbocycles. The topological polar surface area (TPSA) is 29.1 Å². The van der Waals surface area contributed by atoms with Crippen LogP contribution in [0.3, 0.4) is 0 Å². The Morgan fingerprint density at radius 1 is 1.55 bits per heavy atom. The number of carbonyl (C=O) groups excluding carboxylic acids is 1. The number of nitrogens with one attached hydrogen (secondary N) is 1. The van der Waals surface area contributed by atoms with Crippen LogP contribution in [0.15, 0.2) is 0 Å². The molecule has 0 aromatic heterocycles. The molecule has 1 N–H and O–H groups in total. The lowest BCUT2D eigenvalue weighted by atomic mass is 9.95. The summed E-state index contributed by atoms with van der Waals surface area (Å²) in [6.07, 6.45) is 5.10. The van der Waals surface area contributed by atoms with E-state index >= 15 is 0 Å². The predicted molar refractivity (Wildman–Crippen MR) is 45.9 cm³/mol. The van der Waals surface area contributed by atoms with Crippen LogP contribution in [0.1, 0.15) is 27.7 Å². The summed E-state index contributed by atoms with van der Waals surface area (Å²) in [5.74, 6) is 2.42. The van der Waals surface area contributed by atoms with Crippen molar-refractivity contribution < 1.29 is 4.79 Å². The van der Waals surface area contributed by atoms with Crippen LogP contribution in [-0.4, -0.2) is 11.9 Å². The van der Waals surface area contributed by atoms with Gasteiger partial charge in [-0.25, -0.2) is 0 Å². The molecule has 0 rings (SSSR count). The van der Waals surface area contributed by atoms with E-state index < -0.39 is 0 Å². The van der Waals surface area contributed by atoms with Crippen molar-refractivity contribution in [2.45, 2.75) is 33.7 Å². The number of terminal acetylenes is 1. The standard InChI is InChI=1S/C9H15NO/c1-6-7(2)10-8(11)9(3,4)5/h1,7H,2-5H3,(H,10,11). The number of hydrogen-bond acceptors (Lipinski definition) is 1. The second-order valence-electron chi connectivity index (χ2n) is 3.61. The quantitative estimate of drug-likeness (QED) is 0.563. The minimum absolute atomic E-state index is 0.0112. The summed E-state index contributed by atoms with van der Waals surface area (Å²) in [6, 6.07) is -0.179. The lowest BCUT2D eigenvalue weighted by molar-refractivity contribution is -0.128. The number of amides is 1. The van der Waals surface area contributed by atoms with Crippen molar-refractivity contribution in [3.05, 3.63) is 0 Å². The van der Waals surface area contributed by atoms with E-state index in [4.69, 9.17) is 6.42 Å². The highest BCUT2D eigenvalue weighted by atomic mass is 16.2. The summed E-state index contributed by atoms with van der Waals surface area (Å²) >= 11 is 0.